The van der Waals surface area contributed by atoms with Crippen molar-refractivity contribution in [3.8, 4) is 0 Å². The number of nitrogens with zero attached hydrogens (tertiary/aromatic N) is 2. The zero-order valence-corrected chi connectivity index (χ0v) is 13.3. The van der Waals surface area contributed by atoms with Crippen molar-refractivity contribution in [3.63, 3.8) is 0 Å². The maximum absolute atomic E-state index is 12.3. The van der Waals surface area contributed by atoms with Gasteiger partial charge in [0.15, 0.2) is 0 Å². The van der Waals surface area contributed by atoms with Crippen LogP contribution in [0.25, 0.3) is 0 Å². The monoisotopic (exact) mass is 306 g/mol. The Bertz CT molecular complexity index is 642. The molecule has 2 N–H and O–H groups in total. The summed E-state index contributed by atoms with van der Waals surface area (Å²) in [7, 11) is 1.82. The molecule has 1 atom stereocenters. The highest BCUT2D eigenvalue weighted by Gasteiger charge is 2.16. The van der Waals surface area contributed by atoms with Crippen LogP contribution in [0.2, 0.25) is 5.02 Å². The molecule has 0 bridgehead atoms. The molecule has 1 aromatic carbocycles. The summed E-state index contributed by atoms with van der Waals surface area (Å²) in [5.74, 6) is -0.146. The van der Waals surface area contributed by atoms with Crippen LogP contribution in [0.3, 0.4) is 0 Å². The lowest BCUT2D eigenvalue weighted by atomic mass is 10.1. The summed E-state index contributed by atoms with van der Waals surface area (Å²) in [4.78, 5) is 12.3. The number of anilines is 2. The van der Waals surface area contributed by atoms with Gasteiger partial charge in [-0.2, -0.15) is 5.10 Å². The highest BCUT2D eigenvalue weighted by molar-refractivity contribution is 6.34. The summed E-state index contributed by atoms with van der Waals surface area (Å²) in [6, 6.07) is 3.43. The maximum Gasteiger partial charge on any atom is 0.246 e. The first-order valence-electron chi connectivity index (χ1n) is 6.69. The Morgan fingerprint density at radius 3 is 2.67 bits per heavy atom. The summed E-state index contributed by atoms with van der Waals surface area (Å²) >= 11 is 6.20. The van der Waals surface area contributed by atoms with Crippen molar-refractivity contribution in [2.45, 2.75) is 26.8 Å². The maximum atomic E-state index is 12.3. The number of halogens is 1. The summed E-state index contributed by atoms with van der Waals surface area (Å²) in [6.07, 6.45) is 3.49. The Morgan fingerprint density at radius 1 is 1.38 bits per heavy atom. The van der Waals surface area contributed by atoms with Crippen LogP contribution >= 0.6 is 11.6 Å². The Hall–Kier alpha value is -2.01. The smallest absolute Gasteiger partial charge is 0.246 e. The average Bonchev–Trinajstić information content (AvgIpc) is 2.78. The molecule has 5 nitrogen and oxygen atoms in total. The van der Waals surface area contributed by atoms with E-state index in [1.54, 1.807) is 17.8 Å². The van der Waals surface area contributed by atoms with Gasteiger partial charge in [-0.3, -0.25) is 9.48 Å². The van der Waals surface area contributed by atoms with Crippen LogP contribution in [0.4, 0.5) is 11.4 Å². The predicted octanol–water partition coefficient (Wildman–Crippen LogP) is 3.13. The van der Waals surface area contributed by atoms with E-state index in [2.05, 4.69) is 15.7 Å². The molecular formula is C15H19ClN4O. The Kier molecular flexibility index (Phi) is 4.53. The number of carbonyl (C=O) groups is 1. The fourth-order valence-electron chi connectivity index (χ4n) is 2.12. The lowest BCUT2D eigenvalue weighted by Crippen LogP contribution is -2.32. The van der Waals surface area contributed by atoms with Crippen molar-refractivity contribution in [2.24, 2.45) is 7.05 Å². The predicted molar refractivity (Wildman–Crippen MR) is 85.8 cm³/mol. The molecule has 2 rings (SSSR count). The Labute approximate surface area is 129 Å². The van der Waals surface area contributed by atoms with E-state index in [9.17, 15) is 4.79 Å². The number of aryl methyl sites for hydroxylation is 3. The van der Waals surface area contributed by atoms with Gasteiger partial charge in [0.1, 0.15) is 6.04 Å². The molecular weight excluding hydrogens is 288 g/mol. The number of carbonyl (C=O) groups excluding carboxylic acids is 1. The summed E-state index contributed by atoms with van der Waals surface area (Å²) in [6.45, 7) is 5.69. The molecule has 6 heteroatoms. The normalized spacial score (nSPS) is 12.0. The van der Waals surface area contributed by atoms with Crippen molar-refractivity contribution in [3.05, 3.63) is 40.7 Å². The number of nitrogens with one attached hydrogen (secondary N) is 2. The number of aromatic nitrogens is 2. The van der Waals surface area contributed by atoms with Crippen LogP contribution in [0.5, 0.6) is 0 Å². The van der Waals surface area contributed by atoms with Crippen molar-refractivity contribution in [1.82, 2.24) is 9.78 Å². The van der Waals surface area contributed by atoms with E-state index in [0.717, 1.165) is 16.8 Å². The lowest BCUT2D eigenvalue weighted by Gasteiger charge is -2.16. The quantitative estimate of drug-likeness (QED) is 0.912. The van der Waals surface area contributed by atoms with E-state index in [0.29, 0.717) is 10.7 Å². The van der Waals surface area contributed by atoms with E-state index < -0.39 is 6.04 Å². The van der Waals surface area contributed by atoms with Crippen LogP contribution in [0, 0.1) is 13.8 Å². The minimum Gasteiger partial charge on any atom is -0.371 e. The van der Waals surface area contributed by atoms with Gasteiger partial charge in [0, 0.05) is 13.2 Å². The fourth-order valence-corrected chi connectivity index (χ4v) is 2.49. The zero-order valence-electron chi connectivity index (χ0n) is 12.6. The molecule has 0 spiro atoms. The van der Waals surface area contributed by atoms with Gasteiger partial charge < -0.3 is 10.6 Å². The summed E-state index contributed by atoms with van der Waals surface area (Å²) in [5, 5.41) is 10.6. The molecule has 1 amide bonds. The van der Waals surface area contributed by atoms with Gasteiger partial charge in [0.2, 0.25) is 5.91 Å². The van der Waals surface area contributed by atoms with Crippen LogP contribution < -0.4 is 10.6 Å². The molecule has 0 unspecified atom stereocenters. The molecule has 112 valence electrons. The minimum atomic E-state index is -0.397. The molecule has 0 aliphatic carbocycles. The van der Waals surface area contributed by atoms with Crippen LogP contribution in [0.15, 0.2) is 24.5 Å². The van der Waals surface area contributed by atoms with Gasteiger partial charge in [0.25, 0.3) is 0 Å². The second-order valence-corrected chi connectivity index (χ2v) is 5.60. The molecule has 0 aliphatic rings. The van der Waals surface area contributed by atoms with Gasteiger partial charge >= 0.3 is 0 Å². The van der Waals surface area contributed by atoms with Gasteiger partial charge in [-0.25, -0.2) is 0 Å². The number of rotatable bonds is 4. The van der Waals surface area contributed by atoms with E-state index in [1.165, 1.54) is 0 Å². The number of amides is 1. The third-order valence-corrected chi connectivity index (χ3v) is 3.46. The van der Waals surface area contributed by atoms with Crippen molar-refractivity contribution in [2.75, 3.05) is 10.6 Å². The van der Waals surface area contributed by atoms with E-state index >= 15 is 0 Å². The van der Waals surface area contributed by atoms with Gasteiger partial charge in [-0.15, -0.1) is 0 Å². The molecule has 0 radical (unpaired) electrons. The molecule has 0 fully saturated rings. The van der Waals surface area contributed by atoms with Crippen molar-refractivity contribution >= 4 is 28.9 Å². The van der Waals surface area contributed by atoms with E-state index in [4.69, 9.17) is 11.6 Å². The van der Waals surface area contributed by atoms with Crippen LogP contribution in [-0.4, -0.2) is 21.7 Å². The van der Waals surface area contributed by atoms with Crippen LogP contribution in [0.1, 0.15) is 18.1 Å². The largest absolute Gasteiger partial charge is 0.371 e. The van der Waals surface area contributed by atoms with Gasteiger partial charge in [-0.1, -0.05) is 17.7 Å². The number of hydrogen-bond donors (Lipinski definition) is 2. The second kappa shape index (κ2) is 6.18. The highest BCUT2D eigenvalue weighted by Crippen LogP contribution is 2.27. The summed E-state index contributed by atoms with van der Waals surface area (Å²) < 4.78 is 1.67. The van der Waals surface area contributed by atoms with E-state index in [-0.39, 0.29) is 5.91 Å². The molecule has 21 heavy (non-hydrogen) atoms. The second-order valence-electron chi connectivity index (χ2n) is 5.20. The van der Waals surface area contributed by atoms with Gasteiger partial charge in [0.05, 0.1) is 22.6 Å². The highest BCUT2D eigenvalue weighted by atomic mass is 35.5. The standard InChI is InChI=1S/C15H19ClN4O/c1-9-5-10(2)14(13(16)6-9)19-15(21)11(3)18-12-7-17-20(4)8-12/h5-8,11,18H,1-4H3,(H,19,21)/t11-/m0/s1. The first-order chi connectivity index (χ1) is 9.86. The molecule has 0 saturated heterocycles. The topological polar surface area (TPSA) is 59.0 Å². The Balaban J connectivity index is 2.07. The fraction of sp³-hybridized carbons (Fsp3) is 0.333. The zero-order chi connectivity index (χ0) is 15.6. The van der Waals surface area contributed by atoms with Crippen molar-refractivity contribution in [1.29, 1.82) is 0 Å². The third-order valence-electron chi connectivity index (χ3n) is 3.16. The third kappa shape index (κ3) is 3.76. The van der Waals surface area contributed by atoms with Crippen molar-refractivity contribution < 1.29 is 4.79 Å². The molecule has 0 aliphatic heterocycles. The summed E-state index contributed by atoms with van der Waals surface area (Å²) in [5.41, 5.74) is 3.47. The van der Waals surface area contributed by atoms with Gasteiger partial charge in [-0.05, 0) is 38.0 Å². The molecule has 1 heterocycles. The molecule has 0 saturated carbocycles. The number of benzene rings is 1. The lowest BCUT2D eigenvalue weighted by molar-refractivity contribution is -0.116. The number of hydrogen-bond acceptors (Lipinski definition) is 3. The SMILES string of the molecule is Cc1cc(C)c(NC(=O)[C@H](C)Nc2cnn(C)c2)c(Cl)c1. The molecule has 1 aromatic heterocycles. The first kappa shape index (κ1) is 15.4. The average molecular weight is 307 g/mol. The minimum absolute atomic E-state index is 0.146. The van der Waals surface area contributed by atoms with E-state index in [1.807, 2.05) is 39.2 Å². The first-order valence-corrected chi connectivity index (χ1v) is 7.07. The van der Waals surface area contributed by atoms with Crippen LogP contribution in [-0.2, 0) is 11.8 Å². The Morgan fingerprint density at radius 2 is 2.10 bits per heavy atom. The molecule has 2 aromatic rings.